The molecule has 1 aromatic carbocycles. The molecule has 0 aliphatic carbocycles. The number of aromatic nitrogens is 1. The Labute approximate surface area is 117 Å². The second-order valence-corrected chi connectivity index (χ2v) is 7.07. The molecule has 0 atom stereocenters. The number of sulfone groups is 1. The molecule has 1 heterocycles. The van der Waals surface area contributed by atoms with Crippen molar-refractivity contribution >= 4 is 27.3 Å². The van der Waals surface area contributed by atoms with Crippen LogP contribution >= 0.6 is 11.8 Å². The first-order valence-electron chi connectivity index (χ1n) is 5.71. The molecule has 6 heteroatoms. The van der Waals surface area contributed by atoms with E-state index in [-0.39, 0.29) is 5.75 Å². The molecule has 2 N–H and O–H groups in total. The number of rotatable bonds is 5. The van der Waals surface area contributed by atoms with Crippen LogP contribution in [0.5, 0.6) is 0 Å². The van der Waals surface area contributed by atoms with E-state index in [1.54, 1.807) is 48.7 Å². The van der Waals surface area contributed by atoms with Crippen molar-refractivity contribution < 1.29 is 8.42 Å². The highest BCUT2D eigenvalue weighted by Crippen LogP contribution is 2.22. The minimum absolute atomic E-state index is 0.0672. The lowest BCUT2D eigenvalue weighted by Crippen LogP contribution is -2.09. The molecule has 0 radical (unpaired) electrons. The molecule has 2 rings (SSSR count). The van der Waals surface area contributed by atoms with Crippen LogP contribution in [0, 0.1) is 0 Å². The van der Waals surface area contributed by atoms with E-state index in [2.05, 4.69) is 4.98 Å². The molecule has 0 bridgehead atoms. The van der Waals surface area contributed by atoms with Gasteiger partial charge in [-0.05, 0) is 24.3 Å². The highest BCUT2D eigenvalue weighted by molar-refractivity contribution is 8.00. The minimum atomic E-state index is -3.23. The van der Waals surface area contributed by atoms with E-state index < -0.39 is 9.84 Å². The third kappa shape index (κ3) is 3.71. The largest absolute Gasteiger partial charge is 0.397 e. The highest BCUT2D eigenvalue weighted by Gasteiger charge is 2.14. The molecule has 0 unspecified atom stereocenters. The van der Waals surface area contributed by atoms with Gasteiger partial charge < -0.3 is 5.73 Å². The van der Waals surface area contributed by atoms with E-state index in [1.807, 2.05) is 0 Å². The monoisotopic (exact) mass is 294 g/mol. The summed E-state index contributed by atoms with van der Waals surface area (Å²) in [6.07, 6.45) is 1.64. The Balaban J connectivity index is 1.98. The molecule has 19 heavy (non-hydrogen) atoms. The number of pyridine rings is 1. The fourth-order valence-corrected chi connectivity index (χ4v) is 4.10. The zero-order chi connectivity index (χ0) is 13.7. The van der Waals surface area contributed by atoms with Crippen LogP contribution in [0.3, 0.4) is 0 Å². The molecule has 0 saturated heterocycles. The molecule has 2 aromatic rings. The van der Waals surface area contributed by atoms with E-state index in [4.69, 9.17) is 5.73 Å². The SMILES string of the molecule is Nc1cccnc1SCCS(=O)(=O)c1ccccc1. The fraction of sp³-hybridized carbons (Fsp3) is 0.154. The van der Waals surface area contributed by atoms with Crippen molar-refractivity contribution in [1.82, 2.24) is 4.98 Å². The molecular formula is C13H14N2O2S2. The first-order chi connectivity index (χ1) is 9.09. The van der Waals surface area contributed by atoms with Crippen molar-refractivity contribution in [3.63, 3.8) is 0 Å². The molecule has 0 saturated carbocycles. The van der Waals surface area contributed by atoms with Gasteiger partial charge in [-0.1, -0.05) is 18.2 Å². The van der Waals surface area contributed by atoms with Gasteiger partial charge in [0.15, 0.2) is 9.84 Å². The Kier molecular flexibility index (Phi) is 4.44. The maximum atomic E-state index is 12.0. The molecular weight excluding hydrogens is 280 g/mol. The molecule has 0 amide bonds. The van der Waals surface area contributed by atoms with Gasteiger partial charge in [0.1, 0.15) is 5.03 Å². The molecule has 0 fully saturated rings. The van der Waals surface area contributed by atoms with Crippen molar-refractivity contribution in [2.24, 2.45) is 0 Å². The van der Waals surface area contributed by atoms with E-state index in [0.29, 0.717) is 21.4 Å². The van der Waals surface area contributed by atoms with Gasteiger partial charge in [-0.2, -0.15) is 0 Å². The van der Waals surface area contributed by atoms with Crippen molar-refractivity contribution in [2.45, 2.75) is 9.92 Å². The summed E-state index contributed by atoms with van der Waals surface area (Å²) in [5, 5.41) is 0.672. The molecule has 1 aromatic heterocycles. The zero-order valence-electron chi connectivity index (χ0n) is 10.2. The van der Waals surface area contributed by atoms with Gasteiger partial charge in [-0.25, -0.2) is 13.4 Å². The van der Waals surface area contributed by atoms with Gasteiger partial charge in [0.05, 0.1) is 16.3 Å². The third-order valence-electron chi connectivity index (χ3n) is 2.49. The van der Waals surface area contributed by atoms with Crippen LogP contribution in [0.2, 0.25) is 0 Å². The quantitative estimate of drug-likeness (QED) is 0.856. The highest BCUT2D eigenvalue weighted by atomic mass is 32.2. The Morgan fingerprint density at radius 2 is 1.84 bits per heavy atom. The molecule has 0 spiro atoms. The summed E-state index contributed by atoms with van der Waals surface area (Å²) in [5.74, 6) is 0.496. The lowest BCUT2D eigenvalue weighted by molar-refractivity contribution is 0.597. The zero-order valence-corrected chi connectivity index (χ0v) is 11.8. The second kappa shape index (κ2) is 6.08. The smallest absolute Gasteiger partial charge is 0.179 e. The number of thioether (sulfide) groups is 1. The van der Waals surface area contributed by atoms with Crippen molar-refractivity contribution in [2.75, 3.05) is 17.2 Å². The summed E-state index contributed by atoms with van der Waals surface area (Å²) in [6.45, 7) is 0. The van der Waals surface area contributed by atoms with E-state index in [0.717, 1.165) is 0 Å². The Bertz CT molecular complexity index is 643. The fourth-order valence-electron chi connectivity index (χ4n) is 1.52. The number of nitrogens with zero attached hydrogens (tertiary/aromatic N) is 1. The summed E-state index contributed by atoms with van der Waals surface area (Å²) in [6, 6.07) is 11.9. The van der Waals surface area contributed by atoms with Crippen LogP contribution in [0.15, 0.2) is 58.6 Å². The summed E-state index contributed by atoms with van der Waals surface area (Å²) in [7, 11) is -3.23. The first-order valence-corrected chi connectivity index (χ1v) is 8.34. The van der Waals surface area contributed by atoms with Crippen LogP contribution in [0.25, 0.3) is 0 Å². The lowest BCUT2D eigenvalue weighted by Gasteiger charge is -2.05. The number of nitrogens with two attached hydrogens (primary N) is 1. The molecule has 0 aliphatic rings. The van der Waals surface area contributed by atoms with Gasteiger partial charge >= 0.3 is 0 Å². The summed E-state index contributed by atoms with van der Waals surface area (Å²) >= 11 is 1.35. The van der Waals surface area contributed by atoms with Gasteiger partial charge in [0.2, 0.25) is 0 Å². The lowest BCUT2D eigenvalue weighted by atomic mass is 10.4. The number of nitrogen functional groups attached to an aromatic ring is 1. The van der Waals surface area contributed by atoms with E-state index in [9.17, 15) is 8.42 Å². The van der Waals surface area contributed by atoms with Crippen LogP contribution < -0.4 is 5.73 Å². The third-order valence-corrected chi connectivity index (χ3v) is 5.51. The van der Waals surface area contributed by atoms with Crippen molar-refractivity contribution in [3.05, 3.63) is 48.7 Å². The van der Waals surface area contributed by atoms with Crippen molar-refractivity contribution in [1.29, 1.82) is 0 Å². The van der Waals surface area contributed by atoms with Crippen molar-refractivity contribution in [3.8, 4) is 0 Å². The second-order valence-electron chi connectivity index (χ2n) is 3.88. The van der Waals surface area contributed by atoms with Crippen LogP contribution in [0.4, 0.5) is 5.69 Å². The summed E-state index contributed by atoms with van der Waals surface area (Å²) in [4.78, 5) is 4.47. The normalized spacial score (nSPS) is 11.4. The number of anilines is 1. The van der Waals surface area contributed by atoms with Gasteiger partial charge in [-0.15, -0.1) is 11.8 Å². The van der Waals surface area contributed by atoms with E-state index >= 15 is 0 Å². The maximum Gasteiger partial charge on any atom is 0.179 e. The van der Waals surface area contributed by atoms with Crippen LogP contribution in [0.1, 0.15) is 0 Å². The summed E-state index contributed by atoms with van der Waals surface area (Å²) < 4.78 is 24.1. The Morgan fingerprint density at radius 3 is 2.53 bits per heavy atom. The first kappa shape index (κ1) is 13.9. The summed E-state index contributed by atoms with van der Waals surface area (Å²) in [5.41, 5.74) is 6.32. The Morgan fingerprint density at radius 1 is 1.11 bits per heavy atom. The number of benzene rings is 1. The molecule has 4 nitrogen and oxygen atoms in total. The predicted octanol–water partition coefficient (Wildman–Crippen LogP) is 2.23. The molecule has 0 aliphatic heterocycles. The topological polar surface area (TPSA) is 73.0 Å². The predicted molar refractivity (Wildman–Crippen MR) is 77.9 cm³/mol. The van der Waals surface area contributed by atoms with Crippen LogP contribution in [-0.4, -0.2) is 24.9 Å². The maximum absolute atomic E-state index is 12.0. The average molecular weight is 294 g/mol. The van der Waals surface area contributed by atoms with Gasteiger partial charge in [0, 0.05) is 11.9 Å². The minimum Gasteiger partial charge on any atom is -0.397 e. The van der Waals surface area contributed by atoms with Gasteiger partial charge in [-0.3, -0.25) is 0 Å². The Hall–Kier alpha value is -1.53. The standard InChI is InChI=1S/C13H14N2O2S2/c14-12-7-4-8-15-13(12)18-9-10-19(16,17)11-5-2-1-3-6-11/h1-8H,9-10,14H2. The van der Waals surface area contributed by atoms with Gasteiger partial charge in [0.25, 0.3) is 0 Å². The van der Waals surface area contributed by atoms with Crippen LogP contribution in [-0.2, 0) is 9.84 Å². The molecule has 100 valence electrons. The average Bonchev–Trinajstić information content (AvgIpc) is 2.42. The number of hydrogen-bond donors (Lipinski definition) is 1. The number of hydrogen-bond acceptors (Lipinski definition) is 5. The van der Waals surface area contributed by atoms with E-state index in [1.165, 1.54) is 11.8 Å².